The van der Waals surface area contributed by atoms with Crippen LogP contribution in [0.25, 0.3) is 0 Å². The fourth-order valence-corrected chi connectivity index (χ4v) is 5.81. The average molecular weight is 591 g/mol. The smallest absolute Gasteiger partial charge is 0.338 e. The van der Waals surface area contributed by atoms with Gasteiger partial charge in [0.25, 0.3) is 0 Å². The molecule has 10 atom stereocenters. The van der Waals surface area contributed by atoms with Crippen LogP contribution in [-0.4, -0.2) is 81.6 Å². The maximum absolute atomic E-state index is 12.5. The molecule has 4 fully saturated rings. The van der Waals surface area contributed by atoms with Crippen molar-refractivity contribution in [3.8, 4) is 0 Å². The van der Waals surface area contributed by atoms with Gasteiger partial charge in [-0.3, -0.25) is 0 Å². The molecule has 0 radical (unpaired) electrons. The summed E-state index contributed by atoms with van der Waals surface area (Å²) in [6, 6.07) is 28.4. The van der Waals surface area contributed by atoms with Gasteiger partial charge in [0, 0.05) is 12.7 Å². The number of epoxide rings is 1. The average Bonchev–Trinajstić information content (AvgIpc) is 3.80. The molecule has 0 aliphatic carbocycles. The Bertz CT molecular complexity index is 1340. The van der Waals surface area contributed by atoms with E-state index in [0.29, 0.717) is 12.2 Å². The maximum atomic E-state index is 12.5. The number of carbonyl (C=O) groups excluding carboxylic acids is 1. The Morgan fingerprint density at radius 2 is 1.49 bits per heavy atom. The fraction of sp³-hybridized carbons (Fsp3) is 0.424. The van der Waals surface area contributed by atoms with E-state index in [1.807, 2.05) is 66.7 Å². The third-order valence-corrected chi connectivity index (χ3v) is 8.06. The Morgan fingerprint density at radius 1 is 0.767 bits per heavy atom. The van der Waals surface area contributed by atoms with Crippen LogP contribution in [0.3, 0.4) is 0 Å². The zero-order valence-corrected chi connectivity index (χ0v) is 23.6. The van der Waals surface area contributed by atoms with Crippen molar-refractivity contribution in [2.45, 2.75) is 68.2 Å². The molecule has 4 heterocycles. The van der Waals surface area contributed by atoms with Crippen molar-refractivity contribution in [2.24, 2.45) is 0 Å². The number of benzene rings is 3. The summed E-state index contributed by atoms with van der Waals surface area (Å²) in [7, 11) is 1.57. The number of hydrogen-bond acceptors (Lipinski definition) is 10. The summed E-state index contributed by atoms with van der Waals surface area (Å²) in [5.41, 5.74) is 2.36. The van der Waals surface area contributed by atoms with Crippen LogP contribution in [0, 0.1) is 0 Å². The number of hydrogen-bond donors (Lipinski definition) is 0. The van der Waals surface area contributed by atoms with Crippen molar-refractivity contribution >= 4 is 5.97 Å². The number of fused-ring (bicyclic) bond motifs is 2. The summed E-state index contributed by atoms with van der Waals surface area (Å²) < 4.78 is 55.3. The van der Waals surface area contributed by atoms with E-state index in [0.717, 1.165) is 11.1 Å². The summed E-state index contributed by atoms with van der Waals surface area (Å²) in [5.74, 6) is -0.419. The van der Waals surface area contributed by atoms with E-state index < -0.39 is 55.4 Å². The lowest BCUT2D eigenvalue weighted by Crippen LogP contribution is -2.64. The topological polar surface area (TPSA) is 103 Å². The molecule has 0 amide bonds. The van der Waals surface area contributed by atoms with Gasteiger partial charge in [-0.05, 0) is 17.7 Å². The van der Waals surface area contributed by atoms with Gasteiger partial charge in [0.15, 0.2) is 18.9 Å². The molecule has 4 aliphatic heterocycles. The Morgan fingerprint density at radius 3 is 2.23 bits per heavy atom. The molecule has 43 heavy (non-hydrogen) atoms. The van der Waals surface area contributed by atoms with Crippen molar-refractivity contribution < 1.29 is 47.4 Å². The molecule has 0 bridgehead atoms. The molecule has 4 saturated heterocycles. The largest absolute Gasteiger partial charge is 0.459 e. The summed E-state index contributed by atoms with van der Waals surface area (Å²) in [4.78, 5) is 12.5. The minimum Gasteiger partial charge on any atom is -0.459 e. The minimum absolute atomic E-state index is 0.0453. The molecule has 0 aromatic heterocycles. The van der Waals surface area contributed by atoms with Crippen LogP contribution in [0.4, 0.5) is 0 Å². The van der Waals surface area contributed by atoms with E-state index in [2.05, 4.69) is 0 Å². The molecule has 1 unspecified atom stereocenters. The van der Waals surface area contributed by atoms with Crippen LogP contribution < -0.4 is 0 Å². The van der Waals surface area contributed by atoms with Gasteiger partial charge in [0.05, 0.1) is 18.8 Å². The minimum atomic E-state index is -0.740. The zero-order valence-electron chi connectivity index (χ0n) is 23.6. The SMILES string of the molecule is CO[C@H]1O[C@@H]2COC(c3ccccc3)O[C@H]2[C@H](O[C@@H]2O[C@H](COC(=O)c3ccccc3)[C@@H]3O[C@H]23)[C@H]1OCc1ccccc1. The third-order valence-electron chi connectivity index (χ3n) is 8.06. The molecule has 4 aliphatic rings. The molecule has 7 rings (SSSR count). The lowest BCUT2D eigenvalue weighted by Gasteiger charge is -2.49. The summed E-state index contributed by atoms with van der Waals surface area (Å²) in [5, 5.41) is 0. The first-order valence-corrected chi connectivity index (χ1v) is 14.5. The van der Waals surface area contributed by atoms with Crippen molar-refractivity contribution in [1.82, 2.24) is 0 Å². The van der Waals surface area contributed by atoms with Gasteiger partial charge < -0.3 is 42.6 Å². The standard InChI is InChI=1S/C33H34O10/c1-35-32-28(36-17-20-11-5-2-6-12-20)27(25-24(39-32)19-38-31(42-25)22-15-9-4-10-16-22)43-33-29-26(41-29)23(40-33)18-37-30(34)21-13-7-3-8-14-21/h2-16,23-29,31-33H,17-19H2,1H3/t23-,24-,25-,26+,27+,28-,29+,31?,32+,33+/m1/s1. The first kappa shape index (κ1) is 28.6. The Labute approximate surface area is 249 Å². The van der Waals surface area contributed by atoms with Crippen LogP contribution in [0.1, 0.15) is 27.8 Å². The first-order chi connectivity index (χ1) is 21.2. The van der Waals surface area contributed by atoms with Crippen molar-refractivity contribution in [3.05, 3.63) is 108 Å². The lowest BCUT2D eigenvalue weighted by molar-refractivity contribution is -0.381. The molecule has 0 N–H and O–H groups in total. The van der Waals surface area contributed by atoms with E-state index in [-0.39, 0.29) is 25.4 Å². The van der Waals surface area contributed by atoms with Crippen molar-refractivity contribution in [1.29, 1.82) is 0 Å². The molecule has 10 heteroatoms. The van der Waals surface area contributed by atoms with Crippen LogP contribution in [0.2, 0.25) is 0 Å². The summed E-state index contributed by atoms with van der Waals surface area (Å²) in [6.07, 6.45) is -5.40. The first-order valence-electron chi connectivity index (χ1n) is 14.5. The Hall–Kier alpha value is -3.19. The predicted octanol–water partition coefficient (Wildman–Crippen LogP) is 3.79. The Balaban J connectivity index is 1.08. The quantitative estimate of drug-likeness (QED) is 0.256. The van der Waals surface area contributed by atoms with Gasteiger partial charge >= 0.3 is 5.97 Å². The predicted molar refractivity (Wildman–Crippen MR) is 150 cm³/mol. The highest BCUT2D eigenvalue weighted by Crippen LogP contribution is 2.43. The molecule has 0 saturated carbocycles. The van der Waals surface area contributed by atoms with E-state index in [1.54, 1.807) is 31.4 Å². The molecule has 0 spiro atoms. The van der Waals surface area contributed by atoms with E-state index in [1.165, 1.54) is 0 Å². The number of ether oxygens (including phenoxy) is 9. The number of methoxy groups -OCH3 is 1. The van der Waals surface area contributed by atoms with E-state index >= 15 is 0 Å². The molecule has 3 aromatic rings. The van der Waals surface area contributed by atoms with E-state index in [9.17, 15) is 4.79 Å². The van der Waals surface area contributed by atoms with Crippen LogP contribution in [0.5, 0.6) is 0 Å². The van der Waals surface area contributed by atoms with Crippen molar-refractivity contribution in [3.63, 3.8) is 0 Å². The van der Waals surface area contributed by atoms with Gasteiger partial charge in [-0.2, -0.15) is 0 Å². The molecular weight excluding hydrogens is 556 g/mol. The normalized spacial score (nSPS) is 34.6. The van der Waals surface area contributed by atoms with Gasteiger partial charge in [-0.25, -0.2) is 4.79 Å². The van der Waals surface area contributed by atoms with Gasteiger partial charge in [-0.1, -0.05) is 78.9 Å². The van der Waals surface area contributed by atoms with Gasteiger partial charge in [0.1, 0.15) is 49.3 Å². The zero-order chi connectivity index (χ0) is 29.2. The highest BCUT2D eigenvalue weighted by Gasteiger charge is 2.62. The third kappa shape index (κ3) is 6.24. The highest BCUT2D eigenvalue weighted by molar-refractivity contribution is 5.89. The maximum Gasteiger partial charge on any atom is 0.338 e. The van der Waals surface area contributed by atoms with Crippen LogP contribution in [-0.2, 0) is 49.2 Å². The van der Waals surface area contributed by atoms with E-state index in [4.69, 9.17) is 42.6 Å². The fourth-order valence-electron chi connectivity index (χ4n) is 5.81. The molecule has 226 valence electrons. The second kappa shape index (κ2) is 12.8. The lowest BCUT2D eigenvalue weighted by atomic mass is 9.97. The van der Waals surface area contributed by atoms with Gasteiger partial charge in [-0.15, -0.1) is 0 Å². The molecule has 3 aromatic carbocycles. The highest BCUT2D eigenvalue weighted by atomic mass is 16.8. The van der Waals surface area contributed by atoms with Crippen LogP contribution >= 0.6 is 0 Å². The summed E-state index contributed by atoms with van der Waals surface area (Å²) >= 11 is 0. The Kier molecular flexibility index (Phi) is 8.51. The number of rotatable bonds is 10. The second-order valence-corrected chi connectivity index (χ2v) is 10.9. The van der Waals surface area contributed by atoms with Crippen molar-refractivity contribution in [2.75, 3.05) is 20.3 Å². The number of carbonyl (C=O) groups is 1. The summed E-state index contributed by atoms with van der Waals surface area (Å²) in [6.45, 7) is 0.641. The second-order valence-electron chi connectivity index (χ2n) is 10.9. The monoisotopic (exact) mass is 590 g/mol. The van der Waals surface area contributed by atoms with Crippen LogP contribution in [0.15, 0.2) is 91.0 Å². The number of esters is 1. The molecule has 10 nitrogen and oxygen atoms in total. The van der Waals surface area contributed by atoms with Gasteiger partial charge in [0.2, 0.25) is 0 Å². The molecular formula is C33H34O10.